The molecule has 0 amide bonds. The molecule has 1 unspecified atom stereocenters. The summed E-state index contributed by atoms with van der Waals surface area (Å²) < 4.78 is 46.1. The van der Waals surface area contributed by atoms with E-state index in [0.717, 1.165) is 6.07 Å². The molecule has 1 rings (SSSR count). The highest BCUT2D eigenvalue weighted by Crippen LogP contribution is 2.30. The molecule has 0 heterocycles. The molecule has 3 N–H and O–H groups in total. The van der Waals surface area contributed by atoms with E-state index in [1.807, 2.05) is 13.8 Å². The maximum Gasteiger partial charge on any atom is 0.244 e. The van der Waals surface area contributed by atoms with E-state index in [9.17, 15) is 12.8 Å². The molecule has 0 aliphatic heterocycles. The van der Waals surface area contributed by atoms with Crippen LogP contribution in [0.15, 0.2) is 21.5 Å². The van der Waals surface area contributed by atoms with Gasteiger partial charge in [0.1, 0.15) is 16.5 Å². The average Bonchev–Trinajstić information content (AvgIpc) is 2.39. The van der Waals surface area contributed by atoms with Gasteiger partial charge in [-0.1, -0.05) is 13.8 Å². The van der Waals surface area contributed by atoms with E-state index < -0.39 is 21.9 Å². The minimum absolute atomic E-state index is 0.0658. The number of ether oxygens (including phenoxy) is 1. The Morgan fingerprint density at radius 3 is 2.52 bits per heavy atom. The third-order valence-electron chi connectivity index (χ3n) is 2.86. The van der Waals surface area contributed by atoms with Crippen LogP contribution < -0.4 is 15.2 Å². The number of nitrogens with one attached hydrogen (secondary N) is 1. The van der Waals surface area contributed by atoms with E-state index >= 15 is 0 Å². The summed E-state index contributed by atoms with van der Waals surface area (Å²) in [6.07, 6.45) is 0.594. The van der Waals surface area contributed by atoms with Crippen LogP contribution in [-0.2, 0) is 10.0 Å². The van der Waals surface area contributed by atoms with Gasteiger partial charge in [-0.2, -0.15) is 0 Å². The smallest absolute Gasteiger partial charge is 0.244 e. The lowest BCUT2D eigenvalue weighted by Gasteiger charge is -2.20. The summed E-state index contributed by atoms with van der Waals surface area (Å²) in [5.41, 5.74) is 5.59. The van der Waals surface area contributed by atoms with Crippen molar-refractivity contribution in [1.29, 1.82) is 0 Å². The number of methoxy groups -OCH3 is 1. The Balaban J connectivity index is 3.15. The lowest BCUT2D eigenvalue weighted by atomic mass is 10.1. The molecule has 0 aliphatic rings. The average molecular weight is 383 g/mol. The molecular weight excluding hydrogens is 363 g/mol. The first-order chi connectivity index (χ1) is 9.71. The quantitative estimate of drug-likeness (QED) is 0.757. The van der Waals surface area contributed by atoms with Crippen molar-refractivity contribution in [2.45, 2.75) is 31.2 Å². The first-order valence-electron chi connectivity index (χ1n) is 6.46. The van der Waals surface area contributed by atoms with Crippen LogP contribution in [0.25, 0.3) is 0 Å². The van der Waals surface area contributed by atoms with Crippen molar-refractivity contribution in [3.63, 3.8) is 0 Å². The molecule has 5 nitrogen and oxygen atoms in total. The fourth-order valence-electron chi connectivity index (χ4n) is 1.92. The van der Waals surface area contributed by atoms with Crippen LogP contribution in [-0.4, -0.2) is 28.1 Å². The maximum absolute atomic E-state index is 13.6. The molecule has 0 radical (unpaired) electrons. The van der Waals surface area contributed by atoms with E-state index in [4.69, 9.17) is 10.5 Å². The van der Waals surface area contributed by atoms with Crippen LogP contribution in [0.4, 0.5) is 4.39 Å². The summed E-state index contributed by atoms with van der Waals surface area (Å²) in [5.74, 6) is -0.328. The van der Waals surface area contributed by atoms with Gasteiger partial charge in [-0.3, -0.25) is 0 Å². The molecule has 0 fully saturated rings. The topological polar surface area (TPSA) is 81.4 Å². The molecule has 0 spiro atoms. The third-order valence-corrected chi connectivity index (χ3v) is 5.01. The van der Waals surface area contributed by atoms with Gasteiger partial charge in [-0.15, -0.1) is 0 Å². The van der Waals surface area contributed by atoms with Gasteiger partial charge in [0.2, 0.25) is 10.0 Å². The van der Waals surface area contributed by atoms with Gasteiger partial charge in [0.15, 0.2) is 0 Å². The van der Waals surface area contributed by atoms with Crippen LogP contribution in [0.5, 0.6) is 5.75 Å². The van der Waals surface area contributed by atoms with Crippen molar-refractivity contribution in [3.8, 4) is 5.75 Å². The number of benzene rings is 1. The Morgan fingerprint density at radius 2 is 2.05 bits per heavy atom. The van der Waals surface area contributed by atoms with Crippen molar-refractivity contribution in [2.24, 2.45) is 11.7 Å². The van der Waals surface area contributed by atoms with Gasteiger partial charge in [0.25, 0.3) is 0 Å². The van der Waals surface area contributed by atoms with E-state index in [-0.39, 0.29) is 27.6 Å². The van der Waals surface area contributed by atoms with Crippen LogP contribution in [0.2, 0.25) is 0 Å². The third kappa shape index (κ3) is 4.91. The first kappa shape index (κ1) is 18.3. The van der Waals surface area contributed by atoms with E-state index in [0.29, 0.717) is 6.42 Å². The summed E-state index contributed by atoms with van der Waals surface area (Å²) in [6.45, 7) is 4.10. The molecular formula is C13H20BrFN2O3S. The summed E-state index contributed by atoms with van der Waals surface area (Å²) >= 11 is 2.99. The van der Waals surface area contributed by atoms with Crippen molar-refractivity contribution in [1.82, 2.24) is 4.72 Å². The number of halogens is 2. The van der Waals surface area contributed by atoms with Crippen LogP contribution in [0.1, 0.15) is 20.3 Å². The Morgan fingerprint density at radius 1 is 1.43 bits per heavy atom. The molecule has 0 saturated carbocycles. The molecule has 0 saturated heterocycles. The number of nitrogens with two attached hydrogens (primary N) is 1. The number of rotatable bonds is 7. The van der Waals surface area contributed by atoms with E-state index in [1.165, 1.54) is 13.2 Å². The van der Waals surface area contributed by atoms with Gasteiger partial charge in [0, 0.05) is 12.6 Å². The van der Waals surface area contributed by atoms with Gasteiger partial charge in [-0.25, -0.2) is 17.5 Å². The fraction of sp³-hybridized carbons (Fsp3) is 0.538. The highest BCUT2D eigenvalue weighted by Gasteiger charge is 2.25. The second-order valence-corrected chi connectivity index (χ2v) is 7.64. The van der Waals surface area contributed by atoms with E-state index in [1.54, 1.807) is 0 Å². The highest BCUT2D eigenvalue weighted by atomic mass is 79.9. The Labute approximate surface area is 133 Å². The van der Waals surface area contributed by atoms with E-state index in [2.05, 4.69) is 20.7 Å². The van der Waals surface area contributed by atoms with Crippen molar-refractivity contribution in [3.05, 3.63) is 22.4 Å². The Kier molecular flexibility index (Phi) is 6.58. The van der Waals surface area contributed by atoms with Gasteiger partial charge >= 0.3 is 0 Å². The molecule has 0 aromatic heterocycles. The second-order valence-electron chi connectivity index (χ2n) is 5.10. The maximum atomic E-state index is 13.6. The summed E-state index contributed by atoms with van der Waals surface area (Å²) in [5, 5.41) is 0. The zero-order valence-corrected chi connectivity index (χ0v) is 14.6. The predicted molar refractivity (Wildman–Crippen MR) is 83.3 cm³/mol. The van der Waals surface area contributed by atoms with Crippen LogP contribution >= 0.6 is 15.9 Å². The molecule has 1 atom stereocenters. The molecule has 8 heteroatoms. The standard InChI is InChI=1S/C13H20BrFN2O3S/c1-8(2)4-9(7-16)17-21(18,19)13-6-11(15)10(14)5-12(13)20-3/h5-6,8-9,17H,4,7,16H2,1-3H3. The largest absolute Gasteiger partial charge is 0.495 e. The molecule has 1 aromatic carbocycles. The molecule has 21 heavy (non-hydrogen) atoms. The van der Waals surface area contributed by atoms with Crippen molar-refractivity contribution >= 4 is 26.0 Å². The normalized spacial score (nSPS) is 13.5. The second kappa shape index (κ2) is 7.53. The van der Waals surface area contributed by atoms with Gasteiger partial charge < -0.3 is 10.5 Å². The number of hydrogen-bond acceptors (Lipinski definition) is 4. The highest BCUT2D eigenvalue weighted by molar-refractivity contribution is 9.10. The van der Waals surface area contributed by atoms with Gasteiger partial charge in [0.05, 0.1) is 11.6 Å². The molecule has 0 aliphatic carbocycles. The lowest BCUT2D eigenvalue weighted by molar-refractivity contribution is 0.398. The summed E-state index contributed by atoms with van der Waals surface area (Å²) in [7, 11) is -2.59. The van der Waals surface area contributed by atoms with Gasteiger partial charge in [-0.05, 0) is 40.4 Å². The Bertz CT molecular complexity index is 593. The molecule has 120 valence electrons. The Hall–Kier alpha value is -0.700. The monoisotopic (exact) mass is 382 g/mol. The van der Waals surface area contributed by atoms with Crippen molar-refractivity contribution < 1.29 is 17.5 Å². The summed E-state index contributed by atoms with van der Waals surface area (Å²) in [6, 6.07) is 1.80. The molecule has 0 bridgehead atoms. The minimum atomic E-state index is -3.92. The first-order valence-corrected chi connectivity index (χ1v) is 8.74. The predicted octanol–water partition coefficient (Wildman–Crippen LogP) is 2.25. The van der Waals surface area contributed by atoms with Crippen LogP contribution in [0, 0.1) is 11.7 Å². The number of sulfonamides is 1. The zero-order chi connectivity index (χ0) is 16.2. The van der Waals surface area contributed by atoms with Crippen molar-refractivity contribution in [2.75, 3.05) is 13.7 Å². The molecule has 1 aromatic rings. The van der Waals surface area contributed by atoms with Crippen LogP contribution in [0.3, 0.4) is 0 Å². The SMILES string of the molecule is COc1cc(Br)c(F)cc1S(=O)(=O)NC(CN)CC(C)C. The zero-order valence-electron chi connectivity index (χ0n) is 12.2. The fourth-order valence-corrected chi connectivity index (χ4v) is 3.67. The minimum Gasteiger partial charge on any atom is -0.495 e. The number of hydrogen-bond donors (Lipinski definition) is 2. The summed E-state index contributed by atoms with van der Waals surface area (Å²) in [4.78, 5) is -0.243. The lowest BCUT2D eigenvalue weighted by Crippen LogP contribution is -2.41.